The molecule has 1 saturated heterocycles. The summed E-state index contributed by atoms with van der Waals surface area (Å²) in [6.07, 6.45) is 0.204. The maximum atomic E-state index is 12.8. The van der Waals surface area contributed by atoms with E-state index in [4.69, 9.17) is 9.84 Å². The molecule has 122 valence electrons. The third kappa shape index (κ3) is 4.67. The van der Waals surface area contributed by atoms with Gasteiger partial charge in [-0.05, 0) is 37.1 Å². The number of nitrogens with zero attached hydrogens (tertiary/aromatic N) is 1. The second kappa shape index (κ2) is 7.06. The van der Waals surface area contributed by atoms with Crippen LogP contribution in [0.15, 0.2) is 24.3 Å². The van der Waals surface area contributed by atoms with Gasteiger partial charge in [-0.1, -0.05) is 0 Å². The summed E-state index contributed by atoms with van der Waals surface area (Å²) in [5.41, 5.74) is 0. The molecule has 0 aromatic heterocycles. The number of rotatable bonds is 7. The van der Waals surface area contributed by atoms with E-state index in [1.54, 1.807) is 0 Å². The predicted octanol–water partition coefficient (Wildman–Crippen LogP) is 1.47. The molecule has 8 heteroatoms. The number of sulfonamides is 1. The lowest BCUT2D eigenvalue weighted by Gasteiger charge is -2.17. The average molecular weight is 331 g/mol. The first-order valence-electron chi connectivity index (χ1n) is 6.98. The van der Waals surface area contributed by atoms with E-state index >= 15 is 0 Å². The highest BCUT2D eigenvalue weighted by molar-refractivity contribution is 7.89. The molecule has 1 fully saturated rings. The number of benzene rings is 1. The van der Waals surface area contributed by atoms with E-state index in [0.717, 1.165) is 0 Å². The van der Waals surface area contributed by atoms with Crippen LogP contribution in [0.5, 0.6) is 5.75 Å². The van der Waals surface area contributed by atoms with Crippen molar-refractivity contribution in [1.82, 2.24) is 4.31 Å². The molecule has 6 nitrogen and oxygen atoms in total. The van der Waals surface area contributed by atoms with Crippen LogP contribution in [0.4, 0.5) is 4.39 Å². The highest BCUT2D eigenvalue weighted by atomic mass is 32.2. The van der Waals surface area contributed by atoms with E-state index < -0.39 is 16.0 Å². The fraction of sp³-hybridized carbons (Fsp3) is 0.500. The van der Waals surface area contributed by atoms with Crippen molar-refractivity contribution in [3.05, 3.63) is 30.1 Å². The van der Waals surface area contributed by atoms with Gasteiger partial charge in [-0.15, -0.1) is 0 Å². The molecule has 1 aliphatic rings. The molecule has 0 radical (unpaired) electrons. The summed E-state index contributed by atoms with van der Waals surface area (Å²) in [6.45, 7) is 0.577. The Labute approximate surface area is 128 Å². The minimum Gasteiger partial charge on any atom is -0.489 e. The molecule has 2 rings (SSSR count). The van der Waals surface area contributed by atoms with Crippen molar-refractivity contribution in [3.63, 3.8) is 0 Å². The fourth-order valence-electron chi connectivity index (χ4n) is 2.29. The molecule has 1 aromatic carbocycles. The molecule has 0 unspecified atom stereocenters. The van der Waals surface area contributed by atoms with E-state index in [-0.39, 0.29) is 37.1 Å². The summed E-state index contributed by atoms with van der Waals surface area (Å²) >= 11 is 0. The summed E-state index contributed by atoms with van der Waals surface area (Å²) in [5.74, 6) is -1.05. The van der Waals surface area contributed by atoms with Crippen molar-refractivity contribution >= 4 is 16.0 Å². The molecular weight excluding hydrogens is 313 g/mol. The topological polar surface area (TPSA) is 83.9 Å². The molecule has 1 aliphatic heterocycles. The minimum atomic E-state index is -3.46. The third-order valence-corrected chi connectivity index (χ3v) is 5.33. The zero-order valence-corrected chi connectivity index (χ0v) is 12.8. The lowest BCUT2D eigenvalue weighted by atomic mass is 10.3. The zero-order chi connectivity index (χ0) is 16.2. The maximum Gasteiger partial charge on any atom is 0.303 e. The van der Waals surface area contributed by atoms with Crippen LogP contribution in [-0.4, -0.2) is 48.7 Å². The van der Waals surface area contributed by atoms with Crippen molar-refractivity contribution in [2.45, 2.75) is 25.4 Å². The summed E-state index contributed by atoms with van der Waals surface area (Å²) in [6, 6.07) is 5.56. The number of hydrogen-bond donors (Lipinski definition) is 1. The van der Waals surface area contributed by atoms with Gasteiger partial charge in [0.05, 0.1) is 12.3 Å². The Bertz CT molecular complexity index is 617. The molecular formula is C14H18FNO5S. The fourth-order valence-corrected chi connectivity index (χ4v) is 3.83. The van der Waals surface area contributed by atoms with Gasteiger partial charge in [0.1, 0.15) is 17.7 Å². The zero-order valence-electron chi connectivity index (χ0n) is 11.9. The third-order valence-electron chi connectivity index (χ3n) is 3.41. The molecule has 1 N–H and O–H groups in total. The second-order valence-corrected chi connectivity index (χ2v) is 7.24. The Balaban J connectivity index is 1.86. The molecule has 1 atom stereocenters. The lowest BCUT2D eigenvalue weighted by molar-refractivity contribution is -0.137. The highest BCUT2D eigenvalue weighted by Gasteiger charge is 2.32. The number of hydrogen-bond acceptors (Lipinski definition) is 4. The Kier molecular flexibility index (Phi) is 5.36. The van der Waals surface area contributed by atoms with Crippen molar-refractivity contribution in [1.29, 1.82) is 0 Å². The largest absolute Gasteiger partial charge is 0.489 e. The van der Waals surface area contributed by atoms with Crippen molar-refractivity contribution in [2.24, 2.45) is 0 Å². The summed E-state index contributed by atoms with van der Waals surface area (Å²) in [7, 11) is -3.46. The number of carboxylic acid groups (broad SMARTS) is 1. The number of carboxylic acids is 1. The van der Waals surface area contributed by atoms with Crippen LogP contribution in [0.3, 0.4) is 0 Å². The molecule has 0 amide bonds. The lowest BCUT2D eigenvalue weighted by Crippen LogP contribution is -2.33. The highest BCUT2D eigenvalue weighted by Crippen LogP contribution is 2.21. The molecule has 1 aromatic rings. The average Bonchev–Trinajstić information content (AvgIpc) is 2.90. The Morgan fingerprint density at radius 1 is 1.36 bits per heavy atom. The second-order valence-electron chi connectivity index (χ2n) is 5.15. The summed E-state index contributed by atoms with van der Waals surface area (Å²) < 4.78 is 43.9. The molecule has 0 saturated carbocycles. The van der Waals surface area contributed by atoms with E-state index in [1.807, 2.05) is 0 Å². The first kappa shape index (κ1) is 16.7. The van der Waals surface area contributed by atoms with Crippen LogP contribution in [0, 0.1) is 5.82 Å². The smallest absolute Gasteiger partial charge is 0.303 e. The van der Waals surface area contributed by atoms with Crippen LogP contribution in [-0.2, 0) is 14.8 Å². The standard InChI is InChI=1S/C14H18FNO5S/c15-11-3-5-12(6-4-11)21-13-7-8-16(10-13)22(19,20)9-1-2-14(17)18/h3-6,13H,1-2,7-10H2,(H,17,18)/t13-/m0/s1. The first-order chi connectivity index (χ1) is 10.4. The van der Waals surface area contributed by atoms with Gasteiger partial charge in [0.2, 0.25) is 10.0 Å². The van der Waals surface area contributed by atoms with Gasteiger partial charge in [-0.2, -0.15) is 4.31 Å². The Morgan fingerprint density at radius 2 is 2.05 bits per heavy atom. The molecule has 0 aliphatic carbocycles. The summed E-state index contributed by atoms with van der Waals surface area (Å²) in [5, 5.41) is 8.55. The van der Waals surface area contributed by atoms with Gasteiger partial charge in [-0.3, -0.25) is 4.79 Å². The SMILES string of the molecule is O=C(O)CCCS(=O)(=O)N1CC[C@H](Oc2ccc(F)cc2)C1. The van der Waals surface area contributed by atoms with Crippen molar-refractivity contribution in [2.75, 3.05) is 18.8 Å². The van der Waals surface area contributed by atoms with Gasteiger partial charge in [0.25, 0.3) is 0 Å². The normalized spacial score (nSPS) is 19.2. The quantitative estimate of drug-likeness (QED) is 0.818. The maximum absolute atomic E-state index is 12.8. The van der Waals surface area contributed by atoms with Gasteiger partial charge >= 0.3 is 5.97 Å². The van der Waals surface area contributed by atoms with Gasteiger partial charge in [0, 0.05) is 13.0 Å². The van der Waals surface area contributed by atoms with E-state index in [1.165, 1.54) is 28.6 Å². The van der Waals surface area contributed by atoms with E-state index in [9.17, 15) is 17.6 Å². The number of ether oxygens (including phenoxy) is 1. The number of carbonyl (C=O) groups is 1. The Hall–Kier alpha value is -1.67. The number of aliphatic carboxylic acids is 1. The molecule has 0 bridgehead atoms. The van der Waals surface area contributed by atoms with Crippen LogP contribution < -0.4 is 4.74 Å². The van der Waals surface area contributed by atoms with Gasteiger partial charge in [0.15, 0.2) is 0 Å². The van der Waals surface area contributed by atoms with Crippen LogP contribution in [0.1, 0.15) is 19.3 Å². The van der Waals surface area contributed by atoms with Gasteiger partial charge in [-0.25, -0.2) is 12.8 Å². The molecule has 22 heavy (non-hydrogen) atoms. The van der Waals surface area contributed by atoms with E-state index in [2.05, 4.69) is 0 Å². The predicted molar refractivity (Wildman–Crippen MR) is 77.7 cm³/mol. The van der Waals surface area contributed by atoms with Crippen LogP contribution in [0.25, 0.3) is 0 Å². The molecule has 1 heterocycles. The summed E-state index contributed by atoms with van der Waals surface area (Å²) in [4.78, 5) is 10.4. The van der Waals surface area contributed by atoms with Crippen LogP contribution >= 0.6 is 0 Å². The van der Waals surface area contributed by atoms with Crippen molar-refractivity contribution < 1.29 is 27.4 Å². The van der Waals surface area contributed by atoms with Crippen molar-refractivity contribution in [3.8, 4) is 5.75 Å². The number of halogens is 1. The van der Waals surface area contributed by atoms with E-state index in [0.29, 0.717) is 18.7 Å². The first-order valence-corrected chi connectivity index (χ1v) is 8.59. The Morgan fingerprint density at radius 3 is 2.68 bits per heavy atom. The van der Waals surface area contributed by atoms with Crippen LogP contribution in [0.2, 0.25) is 0 Å². The monoisotopic (exact) mass is 331 g/mol. The molecule has 0 spiro atoms. The minimum absolute atomic E-state index is 0.0949. The van der Waals surface area contributed by atoms with Gasteiger partial charge < -0.3 is 9.84 Å².